The molecule has 1 atom stereocenters. The number of benzene rings is 1. The quantitative estimate of drug-likeness (QED) is 0.827. The van der Waals surface area contributed by atoms with E-state index >= 15 is 0 Å². The minimum Gasteiger partial charge on any atom is -0.420 e. The number of aromatic amines is 1. The average molecular weight is 335 g/mol. The van der Waals surface area contributed by atoms with Crippen LogP contribution in [0.3, 0.4) is 0 Å². The molecule has 1 aromatic carbocycles. The Morgan fingerprint density at radius 2 is 2.12 bits per heavy atom. The van der Waals surface area contributed by atoms with Crippen LogP contribution in [0.4, 0.5) is 5.69 Å². The highest BCUT2D eigenvalue weighted by Gasteiger charge is 2.61. The van der Waals surface area contributed by atoms with Crippen molar-refractivity contribution in [2.24, 2.45) is 5.73 Å². The van der Waals surface area contributed by atoms with Gasteiger partial charge in [0.1, 0.15) is 17.1 Å². The summed E-state index contributed by atoms with van der Waals surface area (Å²) in [4.78, 5) is 15.4. The molecule has 2 aliphatic rings. The summed E-state index contributed by atoms with van der Waals surface area (Å²) in [6.07, 6.45) is 0. The summed E-state index contributed by atoms with van der Waals surface area (Å²) in [5.74, 6) is -0.0599. The molecule has 2 aliphatic heterocycles. The van der Waals surface area contributed by atoms with E-state index in [0.29, 0.717) is 11.3 Å². The Kier molecular flexibility index (Phi) is 2.97. The highest BCUT2D eigenvalue weighted by Crippen LogP contribution is 2.55. The van der Waals surface area contributed by atoms with Crippen LogP contribution in [-0.2, 0) is 10.2 Å². The fraction of sp³-hybridized carbons (Fsp3) is 0.278. The van der Waals surface area contributed by atoms with E-state index in [4.69, 9.17) is 10.5 Å². The Hall–Kier alpha value is -3.27. The third-order valence-electron chi connectivity index (χ3n) is 4.85. The van der Waals surface area contributed by atoms with E-state index in [9.17, 15) is 10.1 Å². The molecule has 4 rings (SSSR count). The Bertz CT molecular complexity index is 982. The number of nitrogens with one attached hydrogen (secondary N) is 1. The first kappa shape index (κ1) is 15.3. The lowest BCUT2D eigenvalue weighted by atomic mass is 9.69. The van der Waals surface area contributed by atoms with Gasteiger partial charge in [-0.05, 0) is 26.8 Å². The van der Waals surface area contributed by atoms with Crippen molar-refractivity contribution < 1.29 is 9.53 Å². The predicted octanol–water partition coefficient (Wildman–Crippen LogP) is 1.85. The van der Waals surface area contributed by atoms with Crippen molar-refractivity contribution in [2.75, 3.05) is 4.90 Å². The Morgan fingerprint density at radius 1 is 1.40 bits per heavy atom. The van der Waals surface area contributed by atoms with Crippen molar-refractivity contribution in [1.82, 2.24) is 10.2 Å². The smallest absolute Gasteiger partial charge is 0.248 e. The molecule has 25 heavy (non-hydrogen) atoms. The van der Waals surface area contributed by atoms with Crippen LogP contribution in [0.5, 0.6) is 5.88 Å². The lowest BCUT2D eigenvalue weighted by molar-refractivity contribution is -0.121. The van der Waals surface area contributed by atoms with Gasteiger partial charge in [0.25, 0.3) is 0 Å². The van der Waals surface area contributed by atoms with Gasteiger partial charge in [-0.1, -0.05) is 18.2 Å². The van der Waals surface area contributed by atoms with Gasteiger partial charge in [-0.3, -0.25) is 9.89 Å². The fourth-order valence-electron chi connectivity index (χ4n) is 3.93. The minimum absolute atomic E-state index is 0.0762. The van der Waals surface area contributed by atoms with Gasteiger partial charge in [-0.2, -0.15) is 5.26 Å². The number of para-hydroxylation sites is 1. The van der Waals surface area contributed by atoms with Crippen LogP contribution in [0.2, 0.25) is 0 Å². The number of H-pyrrole nitrogens is 1. The molecule has 126 valence electrons. The zero-order valence-electron chi connectivity index (χ0n) is 14.1. The maximum atomic E-state index is 13.7. The first-order valence-electron chi connectivity index (χ1n) is 8.01. The largest absolute Gasteiger partial charge is 0.420 e. The number of aryl methyl sites for hydroxylation is 1. The molecule has 0 saturated heterocycles. The Labute approximate surface area is 144 Å². The number of hydrogen-bond donors (Lipinski definition) is 2. The molecule has 0 fully saturated rings. The second-order valence-corrected chi connectivity index (χ2v) is 6.52. The minimum atomic E-state index is -1.33. The molecule has 7 nitrogen and oxygen atoms in total. The van der Waals surface area contributed by atoms with Crippen LogP contribution in [-0.4, -0.2) is 22.1 Å². The zero-order valence-corrected chi connectivity index (χ0v) is 14.1. The number of carbonyl (C=O) groups excluding carboxylic acids is 1. The molecule has 0 saturated carbocycles. The summed E-state index contributed by atoms with van der Waals surface area (Å²) in [5, 5.41) is 16.8. The highest BCUT2D eigenvalue weighted by molar-refractivity contribution is 6.14. The second-order valence-electron chi connectivity index (χ2n) is 6.52. The van der Waals surface area contributed by atoms with Gasteiger partial charge in [0, 0.05) is 23.0 Å². The van der Waals surface area contributed by atoms with Gasteiger partial charge in [0.05, 0.1) is 5.56 Å². The van der Waals surface area contributed by atoms with Gasteiger partial charge in [0.2, 0.25) is 17.7 Å². The van der Waals surface area contributed by atoms with Crippen molar-refractivity contribution >= 4 is 11.6 Å². The number of anilines is 1. The van der Waals surface area contributed by atoms with Crippen LogP contribution < -0.4 is 15.4 Å². The van der Waals surface area contributed by atoms with E-state index in [0.717, 1.165) is 11.3 Å². The molecule has 0 aliphatic carbocycles. The van der Waals surface area contributed by atoms with E-state index in [2.05, 4.69) is 16.3 Å². The molecule has 0 radical (unpaired) electrons. The van der Waals surface area contributed by atoms with Crippen molar-refractivity contribution in [1.29, 1.82) is 5.26 Å². The molecule has 3 heterocycles. The number of carbonyl (C=O) groups is 1. The third kappa shape index (κ3) is 1.63. The maximum Gasteiger partial charge on any atom is 0.248 e. The molecule has 3 N–H and O–H groups in total. The molecule has 2 aromatic rings. The van der Waals surface area contributed by atoms with Crippen LogP contribution in [0, 0.1) is 18.3 Å². The van der Waals surface area contributed by atoms with Gasteiger partial charge < -0.3 is 15.4 Å². The summed E-state index contributed by atoms with van der Waals surface area (Å²) < 4.78 is 5.52. The predicted molar refractivity (Wildman–Crippen MR) is 90.6 cm³/mol. The topological polar surface area (TPSA) is 108 Å². The lowest BCUT2D eigenvalue weighted by Gasteiger charge is -2.33. The van der Waals surface area contributed by atoms with Crippen LogP contribution in [0.25, 0.3) is 0 Å². The molecule has 7 heteroatoms. The molecule has 1 spiro atoms. The number of nitriles is 1. The fourth-order valence-corrected chi connectivity index (χ4v) is 3.93. The van der Waals surface area contributed by atoms with Crippen LogP contribution in [0.15, 0.2) is 35.7 Å². The van der Waals surface area contributed by atoms with Crippen LogP contribution >= 0.6 is 0 Å². The van der Waals surface area contributed by atoms with Gasteiger partial charge in [-0.15, -0.1) is 5.10 Å². The Morgan fingerprint density at radius 3 is 2.80 bits per heavy atom. The molecular weight excluding hydrogens is 318 g/mol. The number of aromatic nitrogens is 2. The summed E-state index contributed by atoms with van der Waals surface area (Å²) in [6, 6.07) is 9.52. The maximum absolute atomic E-state index is 13.7. The molecule has 1 aromatic heterocycles. The van der Waals surface area contributed by atoms with Crippen molar-refractivity contribution in [2.45, 2.75) is 32.2 Å². The highest BCUT2D eigenvalue weighted by atomic mass is 16.5. The second kappa shape index (κ2) is 4.86. The molecular formula is C18H17N5O2. The first-order valence-corrected chi connectivity index (χ1v) is 8.01. The van der Waals surface area contributed by atoms with Crippen molar-refractivity contribution in [3.8, 4) is 11.9 Å². The standard InChI is InChI=1S/C18H17N5O2/c1-9(2)23-13-7-5-4-6-11(13)18(17(23)24)12(8-19)15(20)25-16-14(18)10(3)21-22-16/h4-7,9H,20H2,1-3H3,(H,21,22)/t18-/m1/s1. The van der Waals surface area contributed by atoms with Crippen molar-refractivity contribution in [3.05, 3.63) is 52.5 Å². The van der Waals surface area contributed by atoms with Gasteiger partial charge >= 0.3 is 0 Å². The Balaban J connectivity index is 2.18. The van der Waals surface area contributed by atoms with Gasteiger partial charge in [-0.25, -0.2) is 0 Å². The van der Waals surface area contributed by atoms with Crippen LogP contribution in [0.1, 0.15) is 30.7 Å². The number of ether oxygens (including phenoxy) is 1. The number of fused-ring (bicyclic) bond motifs is 4. The molecule has 0 bridgehead atoms. The average Bonchev–Trinajstić information content (AvgIpc) is 3.05. The van der Waals surface area contributed by atoms with Gasteiger partial charge in [0.15, 0.2) is 0 Å². The summed E-state index contributed by atoms with van der Waals surface area (Å²) in [7, 11) is 0. The lowest BCUT2D eigenvalue weighted by Crippen LogP contribution is -2.47. The number of rotatable bonds is 1. The molecule has 1 amide bonds. The zero-order chi connectivity index (χ0) is 17.9. The normalized spacial score (nSPS) is 21.4. The summed E-state index contributed by atoms with van der Waals surface area (Å²) in [6.45, 7) is 5.69. The number of nitrogens with two attached hydrogens (primary N) is 1. The van der Waals surface area contributed by atoms with E-state index in [1.54, 1.807) is 11.8 Å². The monoisotopic (exact) mass is 335 g/mol. The SMILES string of the molecule is Cc1[nH]nc2c1[C@]1(C(=O)N(C(C)C)c3ccccc31)C(C#N)=C(N)O2. The third-order valence-corrected chi connectivity index (χ3v) is 4.85. The first-order chi connectivity index (χ1) is 11.9. The van der Waals surface area contributed by atoms with E-state index in [-0.39, 0.29) is 29.3 Å². The number of nitrogens with zero attached hydrogens (tertiary/aromatic N) is 3. The van der Waals surface area contributed by atoms with E-state index in [1.165, 1.54) is 0 Å². The molecule has 0 unspecified atom stereocenters. The summed E-state index contributed by atoms with van der Waals surface area (Å²) >= 11 is 0. The number of hydrogen-bond acceptors (Lipinski definition) is 5. The van der Waals surface area contributed by atoms with Crippen molar-refractivity contribution in [3.63, 3.8) is 0 Å². The van der Waals surface area contributed by atoms with E-state index < -0.39 is 5.41 Å². The number of amides is 1. The summed E-state index contributed by atoms with van der Waals surface area (Å²) in [5.41, 5.74) is 7.52. The van der Waals surface area contributed by atoms with E-state index in [1.807, 2.05) is 38.1 Å².